The zero-order chi connectivity index (χ0) is 20.9. The second kappa shape index (κ2) is 20.4. The Morgan fingerprint density at radius 3 is 1.93 bits per heavy atom. The van der Waals surface area contributed by atoms with Crippen LogP contribution in [0.4, 0.5) is 0 Å². The topological polar surface area (TPSA) is 75.6 Å². The van der Waals surface area contributed by atoms with Gasteiger partial charge in [-0.05, 0) is 39.0 Å². The van der Waals surface area contributed by atoms with Crippen LogP contribution in [0.15, 0.2) is 12.2 Å². The van der Waals surface area contributed by atoms with E-state index in [1.54, 1.807) is 6.92 Å². The van der Waals surface area contributed by atoms with Crippen molar-refractivity contribution >= 4 is 11.9 Å². The lowest BCUT2D eigenvalue weighted by molar-refractivity contribution is -0.148. The Kier molecular flexibility index (Phi) is 19.4. The summed E-state index contributed by atoms with van der Waals surface area (Å²) in [6.45, 7) is 3.75. The van der Waals surface area contributed by atoms with Crippen molar-refractivity contribution in [3.8, 4) is 0 Å². The van der Waals surface area contributed by atoms with Crippen molar-refractivity contribution in [2.75, 3.05) is 13.2 Å². The molecule has 0 aliphatic rings. The Bertz CT molecular complexity index is 409. The van der Waals surface area contributed by atoms with E-state index in [1.165, 1.54) is 57.8 Å². The third-order valence-electron chi connectivity index (χ3n) is 4.75. The predicted octanol–water partition coefficient (Wildman–Crippen LogP) is 5.06. The van der Waals surface area contributed by atoms with Crippen LogP contribution >= 0.6 is 0 Å². The van der Waals surface area contributed by atoms with Gasteiger partial charge >= 0.3 is 5.97 Å². The highest BCUT2D eigenvalue weighted by atomic mass is 16.5. The van der Waals surface area contributed by atoms with Gasteiger partial charge in [0.05, 0.1) is 13.2 Å². The number of hydrogen-bond acceptors (Lipinski definition) is 4. The molecular formula is C23H43NO4. The molecule has 5 heteroatoms. The number of ether oxygens (including phenoxy) is 1. The molecule has 28 heavy (non-hydrogen) atoms. The molecule has 0 rings (SSSR count). The number of carbonyl (C=O) groups excluding carboxylic acids is 2. The maximum absolute atomic E-state index is 11.8. The maximum Gasteiger partial charge on any atom is 0.331 e. The number of hydrogen-bond donors (Lipinski definition) is 2. The van der Waals surface area contributed by atoms with Gasteiger partial charge in [0.1, 0.15) is 0 Å². The lowest BCUT2D eigenvalue weighted by atomic mass is 10.1. The van der Waals surface area contributed by atoms with Gasteiger partial charge in [-0.2, -0.15) is 0 Å². The fourth-order valence-electron chi connectivity index (χ4n) is 3.04. The third kappa shape index (κ3) is 16.8. The van der Waals surface area contributed by atoms with Crippen LogP contribution in [0.1, 0.15) is 104 Å². The monoisotopic (exact) mass is 397 g/mol. The van der Waals surface area contributed by atoms with E-state index in [2.05, 4.69) is 24.4 Å². The van der Waals surface area contributed by atoms with Crippen LogP contribution in [-0.4, -0.2) is 36.2 Å². The number of nitrogens with one attached hydrogen (secondary N) is 1. The lowest BCUT2D eigenvalue weighted by Crippen LogP contribution is -2.44. The summed E-state index contributed by atoms with van der Waals surface area (Å²) in [4.78, 5) is 23.3. The number of allylic oxidation sites excluding steroid dienone is 2. The summed E-state index contributed by atoms with van der Waals surface area (Å²) in [6.07, 6.45) is 20.8. The molecule has 0 aromatic rings. The van der Waals surface area contributed by atoms with Gasteiger partial charge in [0.2, 0.25) is 5.91 Å². The van der Waals surface area contributed by atoms with Gasteiger partial charge < -0.3 is 15.2 Å². The quantitative estimate of drug-likeness (QED) is 0.181. The molecule has 5 nitrogen and oxygen atoms in total. The Labute approximate surface area is 172 Å². The highest BCUT2D eigenvalue weighted by molar-refractivity contribution is 5.84. The summed E-state index contributed by atoms with van der Waals surface area (Å²) >= 11 is 0. The van der Waals surface area contributed by atoms with Gasteiger partial charge in [0.25, 0.3) is 0 Å². The third-order valence-corrected chi connectivity index (χ3v) is 4.75. The number of carbonyl (C=O) groups is 2. The van der Waals surface area contributed by atoms with E-state index in [9.17, 15) is 9.59 Å². The minimum atomic E-state index is -0.949. The molecule has 1 amide bonds. The SMILES string of the molecule is CCCCCCCC/C=C\CCCCCCCC(=O)N[C@@H](CO)C(=O)OCC. The van der Waals surface area contributed by atoms with Crippen LogP contribution in [0.25, 0.3) is 0 Å². The molecule has 164 valence electrons. The number of unbranched alkanes of at least 4 members (excludes halogenated alkanes) is 11. The second-order valence-electron chi connectivity index (χ2n) is 7.39. The van der Waals surface area contributed by atoms with E-state index in [-0.39, 0.29) is 12.5 Å². The van der Waals surface area contributed by atoms with Crippen molar-refractivity contribution < 1.29 is 19.4 Å². The minimum Gasteiger partial charge on any atom is -0.464 e. The number of aliphatic hydroxyl groups excluding tert-OH is 1. The molecule has 0 aliphatic carbocycles. The molecule has 0 spiro atoms. The van der Waals surface area contributed by atoms with Crippen LogP contribution in [0, 0.1) is 0 Å². The highest BCUT2D eigenvalue weighted by Gasteiger charge is 2.20. The zero-order valence-corrected chi connectivity index (χ0v) is 18.2. The van der Waals surface area contributed by atoms with Gasteiger partial charge in [0.15, 0.2) is 6.04 Å². The van der Waals surface area contributed by atoms with E-state index in [1.807, 2.05) is 0 Å². The number of esters is 1. The number of rotatable bonds is 19. The van der Waals surface area contributed by atoms with Crippen molar-refractivity contribution in [1.82, 2.24) is 5.32 Å². The summed E-state index contributed by atoms with van der Waals surface area (Å²) in [5.74, 6) is -0.785. The summed E-state index contributed by atoms with van der Waals surface area (Å²) in [5.41, 5.74) is 0. The highest BCUT2D eigenvalue weighted by Crippen LogP contribution is 2.10. The Hall–Kier alpha value is -1.36. The summed E-state index contributed by atoms with van der Waals surface area (Å²) < 4.78 is 4.81. The van der Waals surface area contributed by atoms with Crippen LogP contribution in [-0.2, 0) is 14.3 Å². The summed E-state index contributed by atoms with van der Waals surface area (Å²) in [5, 5.41) is 11.7. The molecule has 2 N–H and O–H groups in total. The number of aliphatic hydroxyl groups is 1. The fourth-order valence-corrected chi connectivity index (χ4v) is 3.04. The minimum absolute atomic E-state index is 0.204. The lowest BCUT2D eigenvalue weighted by Gasteiger charge is -2.14. The normalized spacial score (nSPS) is 12.2. The van der Waals surface area contributed by atoms with Gasteiger partial charge in [-0.25, -0.2) is 4.79 Å². The van der Waals surface area contributed by atoms with Crippen molar-refractivity contribution in [3.63, 3.8) is 0 Å². The molecule has 0 bridgehead atoms. The molecule has 1 atom stereocenters. The first-order valence-corrected chi connectivity index (χ1v) is 11.4. The van der Waals surface area contributed by atoms with Crippen LogP contribution < -0.4 is 5.32 Å². The molecule has 0 aliphatic heterocycles. The zero-order valence-electron chi connectivity index (χ0n) is 18.2. The van der Waals surface area contributed by atoms with Crippen LogP contribution in [0.5, 0.6) is 0 Å². The molecule has 0 aromatic carbocycles. The predicted molar refractivity (Wildman–Crippen MR) is 115 cm³/mol. The first-order chi connectivity index (χ1) is 13.7. The maximum atomic E-state index is 11.8. The molecule has 0 aromatic heterocycles. The van der Waals surface area contributed by atoms with Gasteiger partial charge in [-0.3, -0.25) is 4.79 Å². The largest absolute Gasteiger partial charge is 0.464 e. The molecule has 0 saturated heterocycles. The van der Waals surface area contributed by atoms with Crippen LogP contribution in [0.3, 0.4) is 0 Å². The standard InChI is InChI=1S/C23H43NO4/c1-3-5-6-7-8-9-10-11-12-13-14-15-16-17-18-19-22(26)24-21(20-25)23(27)28-4-2/h11-12,21,25H,3-10,13-20H2,1-2H3,(H,24,26)/b12-11-/t21-/m0/s1. The Balaban J connectivity index is 3.48. The van der Waals surface area contributed by atoms with Gasteiger partial charge in [-0.15, -0.1) is 0 Å². The van der Waals surface area contributed by atoms with E-state index >= 15 is 0 Å². The average Bonchev–Trinajstić information content (AvgIpc) is 2.69. The van der Waals surface area contributed by atoms with Crippen molar-refractivity contribution in [3.05, 3.63) is 12.2 Å². The van der Waals surface area contributed by atoms with Crippen molar-refractivity contribution in [2.45, 2.75) is 110 Å². The Morgan fingerprint density at radius 2 is 1.39 bits per heavy atom. The first kappa shape index (κ1) is 26.6. The molecule has 0 radical (unpaired) electrons. The van der Waals surface area contributed by atoms with Crippen molar-refractivity contribution in [2.24, 2.45) is 0 Å². The second-order valence-corrected chi connectivity index (χ2v) is 7.39. The molecule has 0 heterocycles. The van der Waals surface area contributed by atoms with E-state index in [0.717, 1.165) is 25.7 Å². The molecular weight excluding hydrogens is 354 g/mol. The van der Waals surface area contributed by atoms with E-state index in [0.29, 0.717) is 6.42 Å². The Morgan fingerprint density at radius 1 is 0.857 bits per heavy atom. The van der Waals surface area contributed by atoms with E-state index < -0.39 is 18.6 Å². The molecule has 0 unspecified atom stereocenters. The molecule has 0 saturated carbocycles. The first-order valence-electron chi connectivity index (χ1n) is 11.4. The van der Waals surface area contributed by atoms with Gasteiger partial charge in [-0.1, -0.05) is 70.4 Å². The summed E-state index contributed by atoms with van der Waals surface area (Å²) in [6, 6.07) is -0.949. The van der Waals surface area contributed by atoms with Crippen LogP contribution in [0.2, 0.25) is 0 Å². The summed E-state index contributed by atoms with van der Waals surface area (Å²) in [7, 11) is 0. The molecule has 0 fully saturated rings. The number of amides is 1. The van der Waals surface area contributed by atoms with Gasteiger partial charge in [0, 0.05) is 6.42 Å². The van der Waals surface area contributed by atoms with Crippen molar-refractivity contribution in [1.29, 1.82) is 0 Å². The average molecular weight is 398 g/mol. The van der Waals surface area contributed by atoms with E-state index in [4.69, 9.17) is 9.84 Å². The smallest absolute Gasteiger partial charge is 0.331 e. The fraction of sp³-hybridized carbons (Fsp3) is 0.826.